The molecule has 3 heteroatoms. The summed E-state index contributed by atoms with van der Waals surface area (Å²) in [6, 6.07) is 0. The smallest absolute Gasteiger partial charge is 0.0756 e. The van der Waals surface area contributed by atoms with Gasteiger partial charge in [-0.15, -0.1) is 0 Å². The lowest BCUT2D eigenvalue weighted by Crippen LogP contribution is -2.42. The fraction of sp³-hybridized carbons (Fsp3) is 1.00. The van der Waals surface area contributed by atoms with Crippen LogP contribution in [0.15, 0.2) is 0 Å². The minimum atomic E-state index is 0.514. The van der Waals surface area contributed by atoms with Crippen LogP contribution < -0.4 is 5.84 Å². The van der Waals surface area contributed by atoms with E-state index in [1.165, 1.54) is 109 Å². The molecule has 0 aromatic carbocycles. The second kappa shape index (κ2) is 15.2. The molecule has 1 unspecified atom stereocenters. The molecule has 0 aromatic rings. The number of hydrogen-bond acceptors (Lipinski definition) is 3. The largest absolute Gasteiger partial charge is 0.286 e. The van der Waals surface area contributed by atoms with Gasteiger partial charge in [0, 0.05) is 13.1 Å². The molecule has 3 nitrogen and oxygen atoms in total. The monoisotopic (exact) mass is 339 g/mol. The molecular weight excluding hydrogens is 294 g/mol. The van der Waals surface area contributed by atoms with E-state index in [9.17, 15) is 0 Å². The van der Waals surface area contributed by atoms with Gasteiger partial charge in [0.15, 0.2) is 0 Å². The van der Waals surface area contributed by atoms with Crippen LogP contribution in [0.3, 0.4) is 0 Å². The van der Waals surface area contributed by atoms with Gasteiger partial charge in [-0.1, -0.05) is 97.3 Å². The Morgan fingerprint density at radius 1 is 0.667 bits per heavy atom. The third kappa shape index (κ3) is 10.0. The first-order valence-electron chi connectivity index (χ1n) is 11.0. The molecule has 1 atom stereocenters. The van der Waals surface area contributed by atoms with Crippen molar-refractivity contribution in [3.05, 3.63) is 0 Å². The highest BCUT2D eigenvalue weighted by molar-refractivity contribution is 4.78. The number of hydrazine groups is 1. The molecule has 0 amide bonds. The second-order valence-corrected chi connectivity index (χ2v) is 7.79. The molecule has 24 heavy (non-hydrogen) atoms. The van der Waals surface area contributed by atoms with Crippen LogP contribution in [0.4, 0.5) is 0 Å². The summed E-state index contributed by atoms with van der Waals surface area (Å²) in [5, 5.41) is 2.08. The van der Waals surface area contributed by atoms with Crippen LogP contribution in [0.5, 0.6) is 0 Å². The van der Waals surface area contributed by atoms with Crippen molar-refractivity contribution in [2.75, 3.05) is 19.6 Å². The lowest BCUT2D eigenvalue weighted by molar-refractivity contribution is 0.123. The third-order valence-electron chi connectivity index (χ3n) is 5.56. The Morgan fingerprint density at radius 3 is 1.71 bits per heavy atom. The van der Waals surface area contributed by atoms with Crippen molar-refractivity contribution in [2.45, 2.75) is 116 Å². The van der Waals surface area contributed by atoms with Crippen LogP contribution in [0.2, 0.25) is 0 Å². The van der Waals surface area contributed by atoms with Crippen molar-refractivity contribution >= 4 is 0 Å². The average molecular weight is 340 g/mol. The summed E-state index contributed by atoms with van der Waals surface area (Å²) >= 11 is 0. The van der Waals surface area contributed by atoms with Crippen molar-refractivity contribution in [3.63, 3.8) is 0 Å². The summed E-state index contributed by atoms with van der Waals surface area (Å²) in [6.45, 7) is 8.01. The molecule has 0 aromatic heterocycles. The van der Waals surface area contributed by atoms with Crippen LogP contribution in [-0.4, -0.2) is 35.7 Å². The zero-order valence-corrected chi connectivity index (χ0v) is 16.8. The molecule has 0 bridgehead atoms. The maximum Gasteiger partial charge on any atom is 0.0756 e. The molecule has 0 saturated carbocycles. The van der Waals surface area contributed by atoms with E-state index in [0.717, 1.165) is 6.54 Å². The Balaban J connectivity index is 1.90. The maximum absolute atomic E-state index is 6.17. The highest BCUT2D eigenvalue weighted by Gasteiger charge is 2.28. The first-order valence-corrected chi connectivity index (χ1v) is 11.0. The van der Waals surface area contributed by atoms with E-state index >= 15 is 0 Å². The molecule has 1 aliphatic heterocycles. The van der Waals surface area contributed by atoms with Gasteiger partial charge in [-0.05, 0) is 19.4 Å². The van der Waals surface area contributed by atoms with E-state index in [0.29, 0.717) is 6.17 Å². The van der Waals surface area contributed by atoms with Gasteiger partial charge in [-0.3, -0.25) is 10.7 Å². The van der Waals surface area contributed by atoms with Gasteiger partial charge < -0.3 is 0 Å². The van der Waals surface area contributed by atoms with Gasteiger partial charge in [-0.25, -0.2) is 5.01 Å². The second-order valence-electron chi connectivity index (χ2n) is 7.79. The van der Waals surface area contributed by atoms with E-state index in [1.807, 2.05) is 0 Å². The Kier molecular flexibility index (Phi) is 13.8. The average Bonchev–Trinajstić information content (AvgIpc) is 2.94. The van der Waals surface area contributed by atoms with Crippen molar-refractivity contribution in [1.29, 1.82) is 0 Å². The quantitative estimate of drug-likeness (QED) is 0.289. The van der Waals surface area contributed by atoms with Gasteiger partial charge in [0.1, 0.15) is 0 Å². The minimum Gasteiger partial charge on any atom is -0.286 e. The predicted octanol–water partition coefficient (Wildman–Crippen LogP) is 5.70. The van der Waals surface area contributed by atoms with Crippen molar-refractivity contribution in [1.82, 2.24) is 9.91 Å². The lowest BCUT2D eigenvalue weighted by atomic mass is 10.0. The van der Waals surface area contributed by atoms with E-state index in [2.05, 4.69) is 23.8 Å². The predicted molar refractivity (Wildman–Crippen MR) is 107 cm³/mol. The highest BCUT2D eigenvalue weighted by Crippen LogP contribution is 2.19. The zero-order chi connectivity index (χ0) is 17.5. The first-order chi connectivity index (χ1) is 11.8. The Hall–Kier alpha value is -0.120. The standard InChI is InChI=1S/C21H45N3/c1-3-5-7-8-9-10-11-12-13-14-15-16-17-21-23(18-6-4-2)19-20-24(21)22/h21H,3-20,22H2,1-2H3. The molecule has 1 heterocycles. The van der Waals surface area contributed by atoms with Crippen LogP contribution in [-0.2, 0) is 0 Å². The number of hydrogen-bond donors (Lipinski definition) is 1. The summed E-state index contributed by atoms with van der Waals surface area (Å²) in [5.41, 5.74) is 0. The SMILES string of the molecule is CCCCCCCCCCCCCCC1N(N)CCN1CCCC. The molecule has 1 fully saturated rings. The zero-order valence-electron chi connectivity index (χ0n) is 16.8. The first kappa shape index (κ1) is 21.9. The topological polar surface area (TPSA) is 32.5 Å². The van der Waals surface area contributed by atoms with Crippen molar-refractivity contribution in [2.24, 2.45) is 5.84 Å². The number of nitrogens with zero attached hydrogens (tertiary/aromatic N) is 2. The van der Waals surface area contributed by atoms with Gasteiger partial charge >= 0.3 is 0 Å². The van der Waals surface area contributed by atoms with Crippen LogP contribution >= 0.6 is 0 Å². The lowest BCUT2D eigenvalue weighted by Gasteiger charge is -2.27. The molecular formula is C21H45N3. The van der Waals surface area contributed by atoms with Gasteiger partial charge in [0.2, 0.25) is 0 Å². The van der Waals surface area contributed by atoms with Gasteiger partial charge in [0.05, 0.1) is 6.17 Å². The third-order valence-corrected chi connectivity index (χ3v) is 5.56. The fourth-order valence-corrected chi connectivity index (χ4v) is 3.89. The Labute approximate surface area is 152 Å². The molecule has 144 valence electrons. The van der Waals surface area contributed by atoms with E-state index in [1.54, 1.807) is 0 Å². The molecule has 1 saturated heterocycles. The van der Waals surface area contributed by atoms with Gasteiger partial charge in [-0.2, -0.15) is 0 Å². The molecule has 0 spiro atoms. The maximum atomic E-state index is 6.17. The molecule has 0 aliphatic carbocycles. The summed E-state index contributed by atoms with van der Waals surface area (Å²) in [7, 11) is 0. The normalized spacial score (nSPS) is 19.4. The van der Waals surface area contributed by atoms with Crippen LogP contribution in [0.25, 0.3) is 0 Å². The number of rotatable bonds is 16. The summed E-state index contributed by atoms with van der Waals surface area (Å²) in [5.74, 6) is 6.17. The molecule has 1 rings (SSSR count). The van der Waals surface area contributed by atoms with E-state index < -0.39 is 0 Å². The molecule has 1 aliphatic rings. The Morgan fingerprint density at radius 2 is 1.17 bits per heavy atom. The summed E-state index contributed by atoms with van der Waals surface area (Å²) in [4.78, 5) is 2.60. The van der Waals surface area contributed by atoms with Crippen molar-refractivity contribution < 1.29 is 0 Å². The highest BCUT2D eigenvalue weighted by atomic mass is 15.5. The minimum absolute atomic E-state index is 0.514. The Bertz CT molecular complexity index is 270. The molecule has 2 N–H and O–H groups in total. The molecule has 0 radical (unpaired) electrons. The fourth-order valence-electron chi connectivity index (χ4n) is 3.89. The number of unbranched alkanes of at least 4 members (excludes halogenated alkanes) is 12. The summed E-state index contributed by atoms with van der Waals surface area (Å²) in [6.07, 6.45) is 21.5. The van der Waals surface area contributed by atoms with E-state index in [4.69, 9.17) is 5.84 Å². The van der Waals surface area contributed by atoms with Crippen LogP contribution in [0.1, 0.15) is 110 Å². The van der Waals surface area contributed by atoms with Gasteiger partial charge in [0.25, 0.3) is 0 Å². The number of nitrogens with two attached hydrogens (primary N) is 1. The van der Waals surface area contributed by atoms with Crippen molar-refractivity contribution in [3.8, 4) is 0 Å². The summed E-state index contributed by atoms with van der Waals surface area (Å²) < 4.78 is 0. The van der Waals surface area contributed by atoms with Crippen LogP contribution in [0, 0.1) is 0 Å². The van der Waals surface area contributed by atoms with E-state index in [-0.39, 0.29) is 0 Å².